The maximum atomic E-state index is 13.5. The second-order valence-electron chi connectivity index (χ2n) is 11.5. The van der Waals surface area contributed by atoms with Crippen LogP contribution >= 0.6 is 11.3 Å². The summed E-state index contributed by atoms with van der Waals surface area (Å²) >= 11 is 1.35. The Morgan fingerprint density at radius 3 is 2.49 bits per heavy atom. The van der Waals surface area contributed by atoms with E-state index in [2.05, 4.69) is 20.6 Å². The zero-order chi connectivity index (χ0) is 30.9. The molecule has 2 aromatic heterocycles. The van der Waals surface area contributed by atoms with E-state index in [0.29, 0.717) is 27.7 Å². The highest BCUT2D eigenvalue weighted by Gasteiger charge is 2.31. The van der Waals surface area contributed by atoms with Gasteiger partial charge in [-0.3, -0.25) is 9.36 Å². The fourth-order valence-electron chi connectivity index (χ4n) is 4.48. The molecule has 0 radical (unpaired) electrons. The van der Waals surface area contributed by atoms with Crippen molar-refractivity contribution in [3.8, 4) is 16.3 Å². The van der Waals surface area contributed by atoms with Crippen LogP contribution in [-0.2, 0) is 17.5 Å². The van der Waals surface area contributed by atoms with Gasteiger partial charge in [-0.05, 0) is 74.9 Å². The molecule has 8 nitrogen and oxygen atoms in total. The Morgan fingerprint density at radius 2 is 1.84 bits per heavy atom. The van der Waals surface area contributed by atoms with Gasteiger partial charge in [-0.15, -0.1) is 11.3 Å². The lowest BCUT2D eigenvalue weighted by atomic mass is 9.95. The number of rotatable bonds is 8. The van der Waals surface area contributed by atoms with Crippen LogP contribution in [0, 0.1) is 0 Å². The first-order chi connectivity index (χ1) is 20.3. The minimum Gasteiger partial charge on any atom is -0.444 e. The van der Waals surface area contributed by atoms with Crippen molar-refractivity contribution in [2.45, 2.75) is 70.8 Å². The van der Waals surface area contributed by atoms with Crippen LogP contribution in [0.5, 0.6) is 0 Å². The molecule has 2 N–H and O–H groups in total. The molecule has 2 heterocycles. The molecule has 1 aliphatic rings. The number of nitrogens with one attached hydrogen (secondary N) is 2. The van der Waals surface area contributed by atoms with E-state index in [1.807, 2.05) is 17.7 Å². The van der Waals surface area contributed by atoms with Gasteiger partial charge in [-0.1, -0.05) is 30.3 Å². The molecule has 4 aromatic rings. The van der Waals surface area contributed by atoms with E-state index in [1.165, 1.54) is 17.4 Å². The fraction of sp³-hybridized carbons (Fsp3) is 0.355. The highest BCUT2D eigenvalue weighted by Crippen LogP contribution is 2.39. The molecule has 1 fully saturated rings. The number of carbonyl (C=O) groups excluding carboxylic acids is 2. The number of alkyl carbamates (subject to hydrolysis) is 1. The molecule has 226 valence electrons. The maximum Gasteiger partial charge on any atom is 0.416 e. The first-order valence-electron chi connectivity index (χ1n) is 13.8. The van der Waals surface area contributed by atoms with Crippen LogP contribution in [0.4, 0.5) is 18.0 Å². The van der Waals surface area contributed by atoms with Crippen LogP contribution in [-0.4, -0.2) is 32.1 Å². The molecule has 1 atom stereocenters. The fourth-order valence-corrected chi connectivity index (χ4v) is 5.23. The quantitative estimate of drug-likeness (QED) is 0.216. The topological polar surface area (TPSA) is 98.1 Å². The van der Waals surface area contributed by atoms with Crippen LogP contribution in [0.25, 0.3) is 16.3 Å². The molecule has 0 saturated heterocycles. The number of nitrogens with zero attached hydrogens (tertiary/aromatic N) is 3. The van der Waals surface area contributed by atoms with Crippen molar-refractivity contribution in [1.82, 2.24) is 25.2 Å². The number of ether oxygens (including phenoxy) is 1. The minimum absolute atomic E-state index is 0.0206. The van der Waals surface area contributed by atoms with E-state index in [1.54, 1.807) is 56.7 Å². The second-order valence-corrected chi connectivity index (χ2v) is 12.4. The zero-order valence-electron chi connectivity index (χ0n) is 24.2. The normalized spacial score (nSPS) is 14.3. The number of halogens is 3. The molecule has 43 heavy (non-hydrogen) atoms. The number of aromatic nitrogens is 3. The Morgan fingerprint density at radius 1 is 1.12 bits per heavy atom. The molecule has 1 aliphatic carbocycles. The van der Waals surface area contributed by atoms with Crippen LogP contribution in [0.15, 0.2) is 60.4 Å². The summed E-state index contributed by atoms with van der Waals surface area (Å²) < 4.78 is 47.7. The second kappa shape index (κ2) is 11.8. The predicted molar refractivity (Wildman–Crippen MR) is 157 cm³/mol. The van der Waals surface area contributed by atoms with Gasteiger partial charge in [0.2, 0.25) is 0 Å². The first-order valence-corrected chi connectivity index (χ1v) is 14.7. The minimum atomic E-state index is -4.53. The maximum absolute atomic E-state index is 13.5. The summed E-state index contributed by atoms with van der Waals surface area (Å²) in [6.45, 7) is 6.97. The van der Waals surface area contributed by atoms with E-state index in [-0.39, 0.29) is 18.1 Å². The third kappa shape index (κ3) is 7.61. The smallest absolute Gasteiger partial charge is 0.416 e. The molecule has 2 aromatic carbocycles. The highest BCUT2D eigenvalue weighted by molar-refractivity contribution is 7.12. The van der Waals surface area contributed by atoms with Crippen molar-refractivity contribution in [2.24, 2.45) is 0 Å². The van der Waals surface area contributed by atoms with Crippen molar-refractivity contribution >= 4 is 23.3 Å². The van der Waals surface area contributed by atoms with E-state index >= 15 is 0 Å². The molecule has 0 spiro atoms. The number of benzene rings is 2. The SMILES string of the molecule is C[C@@H](NC(=O)c1csc(-n2cnc(C3CC3)c2)n1)c1ccc(-c2cc(C(F)(F)F)ccc2CNC(=O)OC(C)(C)C)cc1. The average Bonchev–Trinajstić information content (AvgIpc) is 3.45. The van der Waals surface area contributed by atoms with Gasteiger partial charge >= 0.3 is 12.3 Å². The average molecular weight is 612 g/mol. The summed E-state index contributed by atoms with van der Waals surface area (Å²) in [5.74, 6) is 0.181. The monoisotopic (exact) mass is 611 g/mol. The summed E-state index contributed by atoms with van der Waals surface area (Å²) in [4.78, 5) is 34.0. The van der Waals surface area contributed by atoms with Crippen LogP contribution in [0.2, 0.25) is 0 Å². The van der Waals surface area contributed by atoms with Gasteiger partial charge in [-0.25, -0.2) is 14.8 Å². The Hall–Kier alpha value is -4.19. The van der Waals surface area contributed by atoms with Crippen LogP contribution in [0.3, 0.4) is 0 Å². The first kappa shape index (κ1) is 30.3. The van der Waals surface area contributed by atoms with Gasteiger partial charge in [0, 0.05) is 24.0 Å². The summed E-state index contributed by atoms with van der Waals surface area (Å²) in [5, 5.41) is 7.89. The number of amides is 2. The lowest BCUT2D eigenvalue weighted by Gasteiger charge is -2.20. The summed E-state index contributed by atoms with van der Waals surface area (Å²) in [7, 11) is 0. The van der Waals surface area contributed by atoms with Gasteiger partial charge in [0.05, 0.1) is 17.3 Å². The van der Waals surface area contributed by atoms with Gasteiger partial charge in [0.25, 0.3) is 5.91 Å². The number of alkyl halides is 3. The molecule has 0 aliphatic heterocycles. The lowest BCUT2D eigenvalue weighted by Crippen LogP contribution is -2.32. The predicted octanol–water partition coefficient (Wildman–Crippen LogP) is 7.41. The number of imidazole rings is 1. The summed E-state index contributed by atoms with van der Waals surface area (Å²) in [5.41, 5.74) is 1.93. The van der Waals surface area contributed by atoms with E-state index < -0.39 is 29.5 Å². The number of hydrogen-bond donors (Lipinski definition) is 2. The third-order valence-electron chi connectivity index (χ3n) is 6.87. The Bertz CT molecular complexity index is 1620. The third-order valence-corrected chi connectivity index (χ3v) is 7.73. The van der Waals surface area contributed by atoms with E-state index in [0.717, 1.165) is 36.2 Å². The van der Waals surface area contributed by atoms with E-state index in [4.69, 9.17) is 4.74 Å². The molecule has 0 unspecified atom stereocenters. The van der Waals surface area contributed by atoms with Crippen LogP contribution < -0.4 is 10.6 Å². The van der Waals surface area contributed by atoms with Crippen molar-refractivity contribution in [2.75, 3.05) is 0 Å². The van der Waals surface area contributed by atoms with Crippen molar-refractivity contribution < 1.29 is 27.5 Å². The zero-order valence-corrected chi connectivity index (χ0v) is 25.0. The summed E-state index contributed by atoms with van der Waals surface area (Å²) in [6, 6.07) is 9.92. The van der Waals surface area contributed by atoms with Gasteiger partial charge in [0.15, 0.2) is 5.13 Å². The molecule has 0 bridgehead atoms. The Labute approximate surface area is 251 Å². The lowest BCUT2D eigenvalue weighted by molar-refractivity contribution is -0.137. The number of thiazole rings is 1. The number of carbonyl (C=O) groups is 2. The van der Waals surface area contributed by atoms with E-state index in [9.17, 15) is 22.8 Å². The van der Waals surface area contributed by atoms with Gasteiger partial charge in [-0.2, -0.15) is 13.2 Å². The Balaban J connectivity index is 1.28. The Kier molecular flexibility index (Phi) is 8.33. The standard InChI is InChI=1S/C31H32F3N5O3S/c1-18(37-27(40)26-16-43-28(38-26)39-15-25(36-17-39)21-9-10-21)19-5-7-20(8-6-19)24-13-23(31(32,33)34)12-11-22(24)14-35-29(41)42-30(2,3)4/h5-8,11-13,15-18,21H,9-10,14H2,1-4H3,(H,35,41)(H,37,40)/t18-/m1/s1. The van der Waals surface area contributed by atoms with Gasteiger partial charge in [0.1, 0.15) is 17.6 Å². The molecule has 5 rings (SSSR count). The molecular weight excluding hydrogens is 579 g/mol. The largest absolute Gasteiger partial charge is 0.444 e. The van der Waals surface area contributed by atoms with Crippen LogP contribution in [0.1, 0.15) is 85.4 Å². The van der Waals surface area contributed by atoms with Crippen molar-refractivity contribution in [3.05, 3.63) is 88.4 Å². The van der Waals surface area contributed by atoms with Gasteiger partial charge < -0.3 is 15.4 Å². The molecule has 12 heteroatoms. The number of hydrogen-bond acceptors (Lipinski definition) is 6. The molecule has 1 saturated carbocycles. The molecule has 2 amide bonds. The summed E-state index contributed by atoms with van der Waals surface area (Å²) in [6.07, 6.45) is 0.755. The highest BCUT2D eigenvalue weighted by atomic mass is 32.1. The van der Waals surface area contributed by atoms with Crippen molar-refractivity contribution in [3.63, 3.8) is 0 Å². The van der Waals surface area contributed by atoms with Crippen molar-refractivity contribution in [1.29, 1.82) is 0 Å². The molecular formula is C31H32F3N5O3S.